The molecule has 10 N–H and O–H groups in total. The number of nitrogens with two attached hydrogens (primary N) is 2. The molecule has 0 spiro atoms. The fraction of sp³-hybridized carbons (Fsp3) is 0.612. The van der Waals surface area contributed by atoms with Crippen LogP contribution in [0.15, 0.2) is 96.6 Å². The van der Waals surface area contributed by atoms with E-state index in [9.17, 15) is 48.3 Å². The minimum atomic E-state index is -1.49. The van der Waals surface area contributed by atoms with Crippen LogP contribution in [0.3, 0.4) is 0 Å². The summed E-state index contributed by atoms with van der Waals surface area (Å²) in [5.74, 6) is -3.70. The Morgan fingerprint density at radius 1 is 0.711 bits per heavy atom. The molecule has 3 saturated carbocycles. The van der Waals surface area contributed by atoms with E-state index < -0.39 is 83.3 Å². The van der Waals surface area contributed by atoms with E-state index in [1.54, 1.807) is 55.2 Å². The largest absolute Gasteiger partial charge is 0.509 e. The lowest BCUT2D eigenvalue weighted by Gasteiger charge is -2.59. The molecular formula is C85H120N8O21. The standard InChI is InChI=1S/C85H120N8O21/c1-7-9-35-104-39-43-108-46-42-107-38-34-89-79-63-18-11-10-16-59(63)53-93(67-20-13-12-19-65(67)77(79)86)74(100)28-27-72(98)88-33-37-106-41-45-110-48-47-109-44-40-105-36-30-73(99)92-78(56(3)4)68(95)49-58(17-14-32-90-81(87)102)80(101)91-61-24-21-57(22-25-61)54-111-82(103)112-55-70(97)85-71(113-75(114-85)15-8-2)51-66-64-26-23-60-50-62(94)29-31-83(60,5)76(64)69(96)52-84(66,85)6/h10-13,16,18-22,24-25,29,31,50,56,58,64,66,69,71,75-76,78,89,96H,7-9,14-15,17,23,26-28,30,32-49,51-55,86H2,1-6H3,(H,88,98)(H,91,101)(H,92,99)(H3,87,90,102)/b79-77-/t58-,64+,66+,69+,71-,75?,76-,78+,83+,84+,85-/m1/s1. The summed E-state index contributed by atoms with van der Waals surface area (Å²) in [4.78, 5) is 121. The summed E-state index contributed by atoms with van der Waals surface area (Å²) in [7, 11) is 0. The lowest BCUT2D eigenvalue weighted by molar-refractivity contribution is -0.200. The first-order chi connectivity index (χ1) is 55.0. The third kappa shape index (κ3) is 24.1. The van der Waals surface area contributed by atoms with Gasteiger partial charge < -0.3 is 100 Å². The van der Waals surface area contributed by atoms with E-state index in [1.165, 1.54) is 0 Å². The number of aliphatic hydroxyl groups is 1. The molecule has 6 amide bonds. The molecule has 4 aliphatic carbocycles. The van der Waals surface area contributed by atoms with Crippen LogP contribution in [0.5, 0.6) is 0 Å². The van der Waals surface area contributed by atoms with Gasteiger partial charge in [0.25, 0.3) is 0 Å². The summed E-state index contributed by atoms with van der Waals surface area (Å²) < 4.78 is 63.7. The van der Waals surface area contributed by atoms with Crippen LogP contribution in [-0.4, -0.2) is 207 Å². The third-order valence-corrected chi connectivity index (χ3v) is 22.6. The number of carbonyl (C=O) groups excluding carboxylic acids is 9. The Kier molecular flexibility index (Phi) is 35.0. The van der Waals surface area contributed by atoms with Crippen LogP contribution in [-0.2, 0) is 98.8 Å². The molecule has 3 aromatic rings. The monoisotopic (exact) mass is 1590 g/mol. The minimum absolute atomic E-state index is 0.0112. The van der Waals surface area contributed by atoms with Crippen LogP contribution < -0.4 is 43.0 Å². The molecule has 29 heteroatoms. The highest BCUT2D eigenvalue weighted by Crippen LogP contribution is 2.70. The average Bonchev–Trinajstić information content (AvgIpc) is 1.43. The molecule has 0 radical (unpaired) electrons. The molecule has 114 heavy (non-hydrogen) atoms. The molecule has 0 bridgehead atoms. The number of Topliss-reactive ketones (excluding diaryl/α,β-unsaturated/α-hetero) is 2. The van der Waals surface area contributed by atoms with E-state index in [0.717, 1.165) is 54.7 Å². The molecule has 11 atom stereocenters. The summed E-state index contributed by atoms with van der Waals surface area (Å²) >= 11 is 0. The van der Waals surface area contributed by atoms with Crippen molar-refractivity contribution in [1.29, 1.82) is 0 Å². The molecule has 29 nitrogen and oxygen atoms in total. The van der Waals surface area contributed by atoms with Crippen molar-refractivity contribution < 1.29 is 100 Å². The lowest BCUT2D eigenvalue weighted by atomic mass is 9.46. The van der Waals surface area contributed by atoms with Gasteiger partial charge in [0.2, 0.25) is 29.4 Å². The van der Waals surface area contributed by atoms with Crippen LogP contribution in [0, 0.1) is 40.4 Å². The van der Waals surface area contributed by atoms with Gasteiger partial charge in [0.1, 0.15) is 6.61 Å². The van der Waals surface area contributed by atoms with Gasteiger partial charge in [-0.25, -0.2) is 9.59 Å². The first kappa shape index (κ1) is 89.4. The quantitative estimate of drug-likeness (QED) is 0.0194. The number of carbonyl (C=O) groups is 9. The highest BCUT2D eigenvalue weighted by Gasteiger charge is 2.76. The zero-order valence-electron chi connectivity index (χ0n) is 67.1. The number of hydrogen-bond donors (Lipinski definition) is 8. The van der Waals surface area contributed by atoms with Gasteiger partial charge in [-0.2, -0.15) is 0 Å². The number of anilines is 2. The van der Waals surface area contributed by atoms with Gasteiger partial charge in [-0.3, -0.25) is 33.6 Å². The third-order valence-electron chi connectivity index (χ3n) is 22.6. The maximum atomic E-state index is 14.7. The minimum Gasteiger partial charge on any atom is -0.429 e. The maximum absolute atomic E-state index is 14.7. The van der Waals surface area contributed by atoms with E-state index in [1.807, 2.05) is 68.5 Å². The van der Waals surface area contributed by atoms with Crippen molar-refractivity contribution in [3.05, 3.63) is 119 Å². The van der Waals surface area contributed by atoms with Gasteiger partial charge in [-0.1, -0.05) is 121 Å². The van der Waals surface area contributed by atoms with Gasteiger partial charge in [-0.05, 0) is 111 Å². The number of unbranched alkanes of at least 4 members (excludes halogenated alkanes) is 1. The second-order valence-electron chi connectivity index (χ2n) is 30.8. The molecule has 2 heterocycles. The Morgan fingerprint density at radius 2 is 1.36 bits per heavy atom. The maximum Gasteiger partial charge on any atom is 0.509 e. The molecule has 6 aliphatic rings. The summed E-state index contributed by atoms with van der Waals surface area (Å²) in [6.07, 6.45) is 7.91. The SMILES string of the molecule is CCCCOCCOCCOCCN/C1=C(\N)c2ccccc2N(C(=O)CCC(=O)NCCOCCOCCOCCOCCC(=O)N[C@H](C(=O)C[C@@H](CCCNC(N)=O)C(=O)Nc2ccc(COC(=O)OCC(=O)[C@@]34OC(CCC)O[C@@H]3C[C@H]3[C@@H]5CCC6=CC(=O)C=C[C@]6(C)[C@H]5[C@@H](O)C[C@@]34C)cc2)C(C)C)Cc2ccccc21. The number of ketones is 3. The van der Waals surface area contributed by atoms with Crippen molar-refractivity contribution in [2.24, 2.45) is 51.9 Å². The number of nitrogens with zero attached hydrogens (tertiary/aromatic N) is 1. The number of benzene rings is 3. The summed E-state index contributed by atoms with van der Waals surface area (Å²) in [6, 6.07) is 20.1. The van der Waals surface area contributed by atoms with Crippen molar-refractivity contribution in [2.45, 2.75) is 175 Å². The number of hydrogen-bond acceptors (Lipinski definition) is 23. The fourth-order valence-electron chi connectivity index (χ4n) is 16.9. The molecule has 1 saturated heterocycles. The number of urea groups is 1. The van der Waals surface area contributed by atoms with Crippen molar-refractivity contribution >= 4 is 75.9 Å². The second-order valence-corrected chi connectivity index (χ2v) is 30.8. The van der Waals surface area contributed by atoms with Crippen LogP contribution in [0.2, 0.25) is 0 Å². The Morgan fingerprint density at radius 3 is 2.04 bits per heavy atom. The predicted molar refractivity (Wildman–Crippen MR) is 424 cm³/mol. The molecule has 3 aromatic carbocycles. The van der Waals surface area contributed by atoms with Crippen molar-refractivity contribution in [1.82, 2.24) is 21.3 Å². The van der Waals surface area contributed by atoms with Gasteiger partial charge >= 0.3 is 12.2 Å². The van der Waals surface area contributed by atoms with E-state index >= 15 is 0 Å². The van der Waals surface area contributed by atoms with Crippen LogP contribution in [0.25, 0.3) is 11.4 Å². The molecule has 0 aromatic heterocycles. The number of aliphatic hydroxyl groups excluding tert-OH is 1. The van der Waals surface area contributed by atoms with Crippen LogP contribution >= 0.6 is 0 Å². The van der Waals surface area contributed by atoms with Crippen molar-refractivity contribution in [2.75, 3.05) is 129 Å². The first-order valence-electron chi connectivity index (χ1n) is 40.6. The Bertz CT molecular complexity index is 3810. The van der Waals surface area contributed by atoms with Gasteiger partial charge in [0.15, 0.2) is 30.1 Å². The van der Waals surface area contributed by atoms with Crippen LogP contribution in [0.4, 0.5) is 21.0 Å². The molecule has 9 rings (SSSR count). The first-order valence-corrected chi connectivity index (χ1v) is 40.6. The van der Waals surface area contributed by atoms with E-state index in [2.05, 4.69) is 40.4 Å². The molecule has 2 aliphatic heterocycles. The summed E-state index contributed by atoms with van der Waals surface area (Å²) in [6.45, 7) is 17.1. The smallest absolute Gasteiger partial charge is 0.429 e. The highest BCUT2D eigenvalue weighted by molar-refractivity contribution is 6.03. The van der Waals surface area contributed by atoms with Crippen LogP contribution in [0.1, 0.15) is 154 Å². The number of amides is 6. The number of allylic oxidation sites excluding steroid dienone is 4. The Hall–Kier alpha value is -8.49. The Balaban J connectivity index is 0.620. The number of para-hydroxylation sites is 1. The van der Waals surface area contributed by atoms with Gasteiger partial charge in [-0.15, -0.1) is 0 Å². The fourth-order valence-corrected chi connectivity index (χ4v) is 16.9. The topological polar surface area (TPSA) is 391 Å². The molecule has 1 unspecified atom stereocenters. The zero-order valence-corrected chi connectivity index (χ0v) is 67.1. The normalized spacial score (nSPS) is 23.7. The van der Waals surface area contributed by atoms with E-state index in [-0.39, 0.29) is 151 Å². The predicted octanol–water partition coefficient (Wildman–Crippen LogP) is 8.30. The number of fused-ring (bicyclic) bond motifs is 9. The number of rotatable bonds is 49. The van der Waals surface area contributed by atoms with E-state index in [4.69, 9.17) is 63.6 Å². The average molecular weight is 1590 g/mol. The highest BCUT2D eigenvalue weighted by atomic mass is 16.8. The van der Waals surface area contributed by atoms with Gasteiger partial charge in [0, 0.05) is 91.4 Å². The summed E-state index contributed by atoms with van der Waals surface area (Å²) in [5.41, 5.74) is 15.6. The number of ether oxygens (including phenoxy) is 11. The number of nitrogens with one attached hydrogen (secondary N) is 5. The lowest BCUT2D eigenvalue weighted by Crippen LogP contribution is -2.63. The second kappa shape index (κ2) is 44.6. The summed E-state index contributed by atoms with van der Waals surface area (Å²) in [5, 5.41) is 26.6. The Labute approximate surface area is 669 Å². The molecular weight excluding hydrogens is 1470 g/mol. The number of primary amides is 1. The van der Waals surface area contributed by atoms with Gasteiger partial charge in [0.05, 0.1) is 128 Å². The van der Waals surface area contributed by atoms with E-state index in [0.29, 0.717) is 107 Å². The molecule has 626 valence electrons. The van der Waals surface area contributed by atoms with Crippen molar-refractivity contribution in [3.8, 4) is 0 Å². The molecule has 4 fully saturated rings. The van der Waals surface area contributed by atoms with Crippen molar-refractivity contribution in [3.63, 3.8) is 0 Å². The zero-order chi connectivity index (χ0) is 81.6.